The van der Waals surface area contributed by atoms with Gasteiger partial charge in [-0.15, -0.1) is 0 Å². The van der Waals surface area contributed by atoms with Gasteiger partial charge in [0.15, 0.2) is 0 Å². The fourth-order valence-corrected chi connectivity index (χ4v) is 4.93. The van der Waals surface area contributed by atoms with E-state index >= 15 is 0 Å². The van der Waals surface area contributed by atoms with Gasteiger partial charge in [0.2, 0.25) is 0 Å². The Kier molecular flexibility index (Phi) is 22.7. The van der Waals surface area contributed by atoms with Gasteiger partial charge < -0.3 is 0 Å². The molecule has 3 aromatic rings. The Labute approximate surface area is 333 Å². The summed E-state index contributed by atoms with van der Waals surface area (Å²) in [4.78, 5) is 19.9. The number of halogens is 4. The summed E-state index contributed by atoms with van der Waals surface area (Å²) >= 11 is 13.6. The summed E-state index contributed by atoms with van der Waals surface area (Å²) in [7, 11) is 0. The van der Waals surface area contributed by atoms with Crippen LogP contribution in [0, 0.1) is 0 Å². The molecule has 48 heavy (non-hydrogen) atoms. The van der Waals surface area contributed by atoms with Crippen molar-refractivity contribution in [3.63, 3.8) is 0 Å². The SMILES string of the molecule is CC(=Nc1ccc(N=C(C)C(C)=Nc2c(C(C)C)cccc2C(C)C)cc1)C(C)=Nc1c(C(C)C)cccc1C(C)C.[Br][Pd][Br].[Br][Pd][Br]. The third-order valence-corrected chi connectivity index (χ3v) is 7.73. The van der Waals surface area contributed by atoms with E-state index in [0.717, 1.165) is 45.6 Å². The van der Waals surface area contributed by atoms with Crippen LogP contribution in [-0.2, 0) is 27.9 Å². The minimum absolute atomic E-state index is 0.403. The number of hydrogen-bond acceptors (Lipinski definition) is 4. The minimum atomic E-state index is 0.403. The molecular formula is C38H50Br4N4Pd2. The zero-order chi connectivity index (χ0) is 36.6. The molecule has 0 atom stereocenters. The number of para-hydroxylation sites is 2. The quantitative estimate of drug-likeness (QED) is 0.144. The molecule has 0 unspecified atom stereocenters. The van der Waals surface area contributed by atoms with Crippen LogP contribution >= 0.6 is 53.7 Å². The molecule has 0 bridgehead atoms. The normalized spacial score (nSPS) is 12.9. The number of benzene rings is 3. The topological polar surface area (TPSA) is 49.4 Å². The summed E-state index contributed by atoms with van der Waals surface area (Å²) in [6, 6.07) is 21.1. The third-order valence-electron chi connectivity index (χ3n) is 7.73. The number of hydrogen-bond donors (Lipinski definition) is 0. The predicted octanol–water partition coefficient (Wildman–Crippen LogP) is 15.3. The van der Waals surface area contributed by atoms with E-state index in [0.29, 0.717) is 51.6 Å². The van der Waals surface area contributed by atoms with Gasteiger partial charge in [-0.3, -0.25) is 20.0 Å². The molecule has 0 spiro atoms. The standard InChI is InChI=1S/C38H50N4.4BrH.2Pd/c1-23(2)33-15-13-16-34(24(3)4)37(33)41-29(11)27(9)39-31-19-21-32(22-20-31)40-28(10)30(12)42-38-35(25(5)6)17-14-18-36(38)26(7)8;;;;;;/h13-26H,1-12H3;4*1H;;/q;;;;;2*+2/p-4. The molecule has 0 N–H and O–H groups in total. The van der Waals surface area contributed by atoms with Gasteiger partial charge in [0.05, 0.1) is 45.6 Å². The van der Waals surface area contributed by atoms with Crippen LogP contribution in [0.4, 0.5) is 22.7 Å². The van der Waals surface area contributed by atoms with Crippen molar-refractivity contribution < 1.29 is 27.9 Å². The van der Waals surface area contributed by atoms with E-state index in [-0.39, 0.29) is 0 Å². The molecule has 3 rings (SSSR count). The van der Waals surface area contributed by atoms with Crippen molar-refractivity contribution in [2.75, 3.05) is 0 Å². The monoisotopic (exact) mass is 1090 g/mol. The van der Waals surface area contributed by atoms with Crippen LogP contribution in [0.2, 0.25) is 0 Å². The molecule has 10 heteroatoms. The van der Waals surface area contributed by atoms with Gasteiger partial charge in [-0.1, -0.05) is 91.8 Å². The molecule has 0 radical (unpaired) electrons. The second-order valence-corrected chi connectivity index (χ2v) is 26.9. The van der Waals surface area contributed by atoms with Crippen molar-refractivity contribution in [3.8, 4) is 0 Å². The van der Waals surface area contributed by atoms with Gasteiger partial charge in [-0.25, -0.2) is 0 Å². The van der Waals surface area contributed by atoms with Crippen molar-refractivity contribution in [1.82, 2.24) is 0 Å². The average molecular weight is 1100 g/mol. The van der Waals surface area contributed by atoms with E-state index in [9.17, 15) is 0 Å². The van der Waals surface area contributed by atoms with Gasteiger partial charge in [0.25, 0.3) is 0 Å². The first-order chi connectivity index (χ1) is 22.6. The molecule has 0 aromatic heterocycles. The van der Waals surface area contributed by atoms with Gasteiger partial charge in [-0.2, -0.15) is 0 Å². The molecule has 0 amide bonds. The van der Waals surface area contributed by atoms with Crippen molar-refractivity contribution in [2.45, 2.75) is 107 Å². The summed E-state index contributed by atoms with van der Waals surface area (Å²) < 4.78 is 0. The maximum atomic E-state index is 5.09. The molecule has 0 aliphatic rings. The van der Waals surface area contributed by atoms with Crippen LogP contribution in [0.3, 0.4) is 0 Å². The Morgan fingerprint density at radius 2 is 0.625 bits per heavy atom. The summed E-state index contributed by atoms with van der Waals surface area (Å²) in [5, 5.41) is 0. The molecule has 0 saturated carbocycles. The van der Waals surface area contributed by atoms with Crippen molar-refractivity contribution in [1.29, 1.82) is 0 Å². The number of rotatable bonds is 10. The van der Waals surface area contributed by atoms with Crippen LogP contribution in [0.15, 0.2) is 80.6 Å². The Hall–Kier alpha value is -0.415. The molecule has 0 fully saturated rings. The zero-order valence-electron chi connectivity index (χ0n) is 30.0. The zero-order valence-corrected chi connectivity index (χ0v) is 39.5. The molecule has 270 valence electrons. The van der Waals surface area contributed by atoms with Crippen LogP contribution in [-0.4, -0.2) is 22.8 Å². The van der Waals surface area contributed by atoms with Gasteiger partial charge in [-0.05, 0) is 97.9 Å². The fourth-order valence-electron chi connectivity index (χ4n) is 4.93. The Balaban J connectivity index is 0.00000178. The van der Waals surface area contributed by atoms with Gasteiger partial charge in [0, 0.05) is 0 Å². The van der Waals surface area contributed by atoms with Crippen LogP contribution in [0.25, 0.3) is 0 Å². The van der Waals surface area contributed by atoms with Crippen molar-refractivity contribution in [2.24, 2.45) is 20.0 Å². The molecule has 0 saturated heterocycles. The predicted molar refractivity (Wildman–Crippen MR) is 222 cm³/mol. The van der Waals surface area contributed by atoms with Crippen molar-refractivity contribution >= 4 is 99.3 Å². The van der Waals surface area contributed by atoms with Gasteiger partial charge in [0.1, 0.15) is 0 Å². The Bertz CT molecular complexity index is 1390. The molecule has 3 aromatic carbocycles. The van der Waals surface area contributed by atoms with E-state index in [1.54, 1.807) is 0 Å². The fraction of sp³-hybridized carbons (Fsp3) is 0.421. The maximum absolute atomic E-state index is 5.09. The summed E-state index contributed by atoms with van der Waals surface area (Å²) in [5.74, 6) is 1.61. The molecule has 0 aliphatic carbocycles. The Morgan fingerprint density at radius 3 is 0.833 bits per heavy atom. The second-order valence-electron chi connectivity index (χ2n) is 12.6. The third kappa shape index (κ3) is 15.1. The number of nitrogens with zero attached hydrogens (tertiary/aromatic N) is 4. The molecule has 4 nitrogen and oxygen atoms in total. The van der Waals surface area contributed by atoms with E-state index in [2.05, 4.69) is 146 Å². The van der Waals surface area contributed by atoms with Crippen LogP contribution < -0.4 is 0 Å². The van der Waals surface area contributed by atoms with E-state index in [4.69, 9.17) is 20.0 Å². The van der Waals surface area contributed by atoms with Crippen LogP contribution in [0.5, 0.6) is 0 Å². The summed E-state index contributed by atoms with van der Waals surface area (Å²) in [5.41, 5.74) is 12.7. The average Bonchev–Trinajstić information content (AvgIpc) is 3.02. The Morgan fingerprint density at radius 1 is 0.417 bits per heavy atom. The summed E-state index contributed by atoms with van der Waals surface area (Å²) in [6.07, 6.45) is 0. The molecule has 0 aliphatic heterocycles. The summed E-state index contributed by atoms with van der Waals surface area (Å²) in [6.45, 7) is 25.9. The van der Waals surface area contributed by atoms with Gasteiger partial charge >= 0.3 is 81.6 Å². The van der Waals surface area contributed by atoms with E-state index < -0.39 is 0 Å². The van der Waals surface area contributed by atoms with Crippen LogP contribution in [0.1, 0.15) is 129 Å². The van der Waals surface area contributed by atoms with E-state index in [1.165, 1.54) is 22.3 Å². The van der Waals surface area contributed by atoms with Crippen molar-refractivity contribution in [3.05, 3.63) is 82.9 Å². The second kappa shape index (κ2) is 23.9. The van der Waals surface area contributed by atoms with E-state index in [1.807, 2.05) is 52.0 Å². The number of aliphatic imine (C=N–C) groups is 4. The molecule has 0 heterocycles. The first-order valence-electron chi connectivity index (χ1n) is 15.8. The first kappa shape index (κ1) is 45.6. The first-order valence-corrected chi connectivity index (χ1v) is 30.1. The molecular weight excluding hydrogens is 1040 g/mol.